The zero-order chi connectivity index (χ0) is 20.4. The molecule has 0 aliphatic heterocycles. The van der Waals surface area contributed by atoms with Crippen molar-refractivity contribution in [3.8, 4) is 5.75 Å². The van der Waals surface area contributed by atoms with Gasteiger partial charge in [0.05, 0.1) is 0 Å². The molecule has 4 unspecified atom stereocenters. The summed E-state index contributed by atoms with van der Waals surface area (Å²) in [7, 11) is 0. The first kappa shape index (κ1) is 21.1. The van der Waals surface area contributed by atoms with Crippen molar-refractivity contribution in [2.45, 2.75) is 89.8 Å². The number of alkyl halides is 3. The third-order valence-corrected chi connectivity index (χ3v) is 8.37. The summed E-state index contributed by atoms with van der Waals surface area (Å²) in [5, 5.41) is 0. The van der Waals surface area contributed by atoms with Crippen molar-refractivity contribution in [1.29, 1.82) is 0 Å². The van der Waals surface area contributed by atoms with Gasteiger partial charge in [-0.25, -0.2) is 0 Å². The van der Waals surface area contributed by atoms with Crippen LogP contribution in [0.4, 0.5) is 13.2 Å². The van der Waals surface area contributed by atoms with E-state index in [0.717, 1.165) is 29.6 Å². The Labute approximate surface area is 173 Å². The molecule has 1 nitrogen and oxygen atoms in total. The van der Waals surface area contributed by atoms with Crippen LogP contribution in [0.3, 0.4) is 0 Å². The number of benzene rings is 1. The highest BCUT2D eigenvalue weighted by atomic mass is 19.4. The van der Waals surface area contributed by atoms with Gasteiger partial charge in [0, 0.05) is 0 Å². The third-order valence-electron chi connectivity index (χ3n) is 8.37. The summed E-state index contributed by atoms with van der Waals surface area (Å²) in [6.45, 7) is 2.34. The van der Waals surface area contributed by atoms with Crippen LogP contribution in [0.15, 0.2) is 24.3 Å². The average molecular weight is 409 g/mol. The number of rotatable bonds is 4. The molecule has 3 aliphatic rings. The molecule has 0 aromatic heterocycles. The van der Waals surface area contributed by atoms with Crippen molar-refractivity contribution in [2.24, 2.45) is 29.6 Å². The second-order valence-electron chi connectivity index (χ2n) is 9.91. The summed E-state index contributed by atoms with van der Waals surface area (Å²) >= 11 is 0. The van der Waals surface area contributed by atoms with Gasteiger partial charge in [-0.3, -0.25) is 0 Å². The molecule has 1 aromatic carbocycles. The number of halogens is 3. The van der Waals surface area contributed by atoms with E-state index in [-0.39, 0.29) is 5.75 Å². The minimum Gasteiger partial charge on any atom is -0.406 e. The van der Waals surface area contributed by atoms with Gasteiger partial charge < -0.3 is 4.74 Å². The lowest BCUT2D eigenvalue weighted by molar-refractivity contribution is -0.274. The fraction of sp³-hybridized carbons (Fsp3) is 0.760. The van der Waals surface area contributed by atoms with E-state index >= 15 is 0 Å². The first-order chi connectivity index (χ1) is 13.9. The molecule has 3 aliphatic carbocycles. The summed E-state index contributed by atoms with van der Waals surface area (Å²) in [5.74, 6) is 4.96. The van der Waals surface area contributed by atoms with E-state index in [1.807, 2.05) is 12.1 Å². The quantitative estimate of drug-likeness (QED) is 0.489. The number of ether oxygens (including phenoxy) is 1. The van der Waals surface area contributed by atoms with E-state index in [1.165, 1.54) is 88.3 Å². The monoisotopic (exact) mass is 408 g/mol. The third kappa shape index (κ3) is 5.30. The molecule has 0 amide bonds. The minimum atomic E-state index is -4.62. The van der Waals surface area contributed by atoms with Crippen molar-refractivity contribution in [3.05, 3.63) is 29.8 Å². The minimum absolute atomic E-state index is 0.117. The Hall–Kier alpha value is -1.19. The fourth-order valence-corrected chi connectivity index (χ4v) is 6.67. The van der Waals surface area contributed by atoms with Crippen LogP contribution in [-0.4, -0.2) is 6.36 Å². The Kier molecular flexibility index (Phi) is 6.46. The molecule has 4 atom stereocenters. The Morgan fingerprint density at radius 2 is 1.31 bits per heavy atom. The Morgan fingerprint density at radius 1 is 0.759 bits per heavy atom. The molecule has 1 aromatic rings. The Balaban J connectivity index is 1.29. The van der Waals surface area contributed by atoms with Gasteiger partial charge in [-0.05, 0) is 105 Å². The number of hydrogen-bond acceptors (Lipinski definition) is 1. The van der Waals surface area contributed by atoms with E-state index in [4.69, 9.17) is 0 Å². The lowest BCUT2D eigenvalue weighted by atomic mass is 9.60. The maximum absolute atomic E-state index is 12.4. The maximum atomic E-state index is 12.4. The standard InChI is InChI=1S/C25H35F3O/c1-2-17-3-5-18(6-4-17)20-7-9-23-16-21(8-10-22(23)15-20)19-11-13-24(14-12-19)29-25(26,27)28/h11-14,17-18,20-23H,2-10,15-16H2,1H3. The SMILES string of the molecule is CCC1CCC(C2CCC3CC(c4ccc(OC(F)(F)F)cc4)CCC3C2)CC1. The summed E-state index contributed by atoms with van der Waals surface area (Å²) in [6, 6.07) is 6.62. The molecule has 0 N–H and O–H groups in total. The van der Waals surface area contributed by atoms with Crippen LogP contribution in [0.2, 0.25) is 0 Å². The highest BCUT2D eigenvalue weighted by molar-refractivity contribution is 5.30. The molecule has 29 heavy (non-hydrogen) atoms. The number of hydrogen-bond donors (Lipinski definition) is 0. The van der Waals surface area contributed by atoms with Crippen molar-refractivity contribution < 1.29 is 17.9 Å². The first-order valence-corrected chi connectivity index (χ1v) is 11.8. The predicted octanol–water partition coefficient (Wildman–Crippen LogP) is 8.10. The smallest absolute Gasteiger partial charge is 0.406 e. The zero-order valence-corrected chi connectivity index (χ0v) is 17.6. The second-order valence-corrected chi connectivity index (χ2v) is 9.91. The van der Waals surface area contributed by atoms with Gasteiger partial charge >= 0.3 is 6.36 Å². The van der Waals surface area contributed by atoms with Gasteiger partial charge in [0.25, 0.3) is 0 Å². The van der Waals surface area contributed by atoms with E-state index in [9.17, 15) is 13.2 Å². The average Bonchev–Trinajstić information content (AvgIpc) is 2.72. The van der Waals surface area contributed by atoms with Crippen molar-refractivity contribution in [2.75, 3.05) is 0 Å². The van der Waals surface area contributed by atoms with Crippen LogP contribution >= 0.6 is 0 Å². The van der Waals surface area contributed by atoms with Gasteiger partial charge in [0.15, 0.2) is 0 Å². The van der Waals surface area contributed by atoms with Crippen LogP contribution < -0.4 is 4.74 Å². The lowest BCUT2D eigenvalue weighted by Gasteiger charge is -2.45. The molecule has 0 bridgehead atoms. The molecule has 0 radical (unpaired) electrons. The summed E-state index contributed by atoms with van der Waals surface area (Å²) in [6.07, 6.45) is 10.4. The largest absolute Gasteiger partial charge is 0.573 e. The van der Waals surface area contributed by atoms with Crippen molar-refractivity contribution in [1.82, 2.24) is 0 Å². The molecule has 4 rings (SSSR count). The number of fused-ring (bicyclic) bond motifs is 1. The van der Waals surface area contributed by atoms with Crippen LogP contribution in [0, 0.1) is 29.6 Å². The van der Waals surface area contributed by atoms with Crippen molar-refractivity contribution >= 4 is 0 Å². The van der Waals surface area contributed by atoms with Gasteiger partial charge in [0.2, 0.25) is 0 Å². The summed E-state index contributed by atoms with van der Waals surface area (Å²) in [4.78, 5) is 0. The molecule has 0 spiro atoms. The van der Waals surface area contributed by atoms with Crippen molar-refractivity contribution in [3.63, 3.8) is 0 Å². The van der Waals surface area contributed by atoms with Crippen LogP contribution in [0.5, 0.6) is 5.75 Å². The highest BCUT2D eigenvalue weighted by Crippen LogP contribution is 2.51. The first-order valence-electron chi connectivity index (χ1n) is 11.8. The Bertz CT molecular complexity index is 645. The fourth-order valence-electron chi connectivity index (χ4n) is 6.67. The molecule has 162 valence electrons. The van der Waals surface area contributed by atoms with E-state index < -0.39 is 6.36 Å². The molecular formula is C25H35F3O. The Morgan fingerprint density at radius 3 is 1.93 bits per heavy atom. The van der Waals surface area contributed by atoms with Gasteiger partial charge in [0.1, 0.15) is 5.75 Å². The van der Waals surface area contributed by atoms with E-state index in [1.54, 1.807) is 0 Å². The zero-order valence-electron chi connectivity index (χ0n) is 17.6. The van der Waals surface area contributed by atoms with Crippen LogP contribution in [0.1, 0.15) is 89.0 Å². The summed E-state index contributed by atoms with van der Waals surface area (Å²) in [5.41, 5.74) is 1.18. The molecule has 0 heterocycles. The van der Waals surface area contributed by atoms with Crippen LogP contribution in [-0.2, 0) is 0 Å². The molecule has 4 heteroatoms. The van der Waals surface area contributed by atoms with Gasteiger partial charge in [-0.1, -0.05) is 38.3 Å². The molecular weight excluding hydrogens is 373 g/mol. The molecule has 3 saturated carbocycles. The van der Waals surface area contributed by atoms with Gasteiger partial charge in [-0.2, -0.15) is 0 Å². The van der Waals surface area contributed by atoms with E-state index in [2.05, 4.69) is 11.7 Å². The normalized spacial score (nSPS) is 35.7. The van der Waals surface area contributed by atoms with Gasteiger partial charge in [-0.15, -0.1) is 13.2 Å². The predicted molar refractivity (Wildman–Crippen MR) is 110 cm³/mol. The topological polar surface area (TPSA) is 9.23 Å². The highest BCUT2D eigenvalue weighted by Gasteiger charge is 2.39. The second kappa shape index (κ2) is 8.89. The maximum Gasteiger partial charge on any atom is 0.573 e. The lowest BCUT2D eigenvalue weighted by Crippen LogP contribution is -2.34. The van der Waals surface area contributed by atoms with Crippen LogP contribution in [0.25, 0.3) is 0 Å². The molecule has 0 saturated heterocycles. The summed E-state index contributed by atoms with van der Waals surface area (Å²) < 4.78 is 41.1. The van der Waals surface area contributed by atoms with E-state index in [0.29, 0.717) is 5.92 Å². The molecule has 3 fully saturated rings.